The summed E-state index contributed by atoms with van der Waals surface area (Å²) in [5.74, 6) is 2.85. The van der Waals surface area contributed by atoms with Crippen molar-refractivity contribution in [3.05, 3.63) is 69.5 Å². The Labute approximate surface area is 173 Å². The molecule has 1 aromatic heterocycles. The van der Waals surface area contributed by atoms with Gasteiger partial charge < -0.3 is 9.30 Å². The maximum Gasteiger partial charge on any atom is 0.191 e. The molecule has 0 unspecified atom stereocenters. The van der Waals surface area contributed by atoms with E-state index in [4.69, 9.17) is 27.9 Å². The minimum atomic E-state index is 0.373. The molecule has 0 aliphatic carbocycles. The van der Waals surface area contributed by atoms with Crippen LogP contribution in [0.1, 0.15) is 36.7 Å². The second-order valence-corrected chi connectivity index (χ2v) is 8.26. The fourth-order valence-corrected chi connectivity index (χ4v) is 3.66. The summed E-state index contributed by atoms with van der Waals surface area (Å²) in [4.78, 5) is 0. The summed E-state index contributed by atoms with van der Waals surface area (Å²) in [5.41, 5.74) is 2.38. The first-order valence-electron chi connectivity index (χ1n) is 8.62. The van der Waals surface area contributed by atoms with Gasteiger partial charge in [0.2, 0.25) is 0 Å². The second kappa shape index (κ2) is 9.00. The average molecular weight is 422 g/mol. The van der Waals surface area contributed by atoms with Gasteiger partial charge in [-0.2, -0.15) is 0 Å². The summed E-state index contributed by atoms with van der Waals surface area (Å²) in [6.07, 6.45) is 0. The van der Waals surface area contributed by atoms with Crippen LogP contribution in [-0.4, -0.2) is 14.8 Å². The van der Waals surface area contributed by atoms with Crippen molar-refractivity contribution in [3.63, 3.8) is 0 Å². The minimum Gasteiger partial charge on any atom is -0.486 e. The smallest absolute Gasteiger partial charge is 0.191 e. The van der Waals surface area contributed by atoms with Gasteiger partial charge in [-0.15, -0.1) is 10.2 Å². The lowest BCUT2D eigenvalue weighted by Gasteiger charge is -2.09. The summed E-state index contributed by atoms with van der Waals surface area (Å²) >= 11 is 13.6. The van der Waals surface area contributed by atoms with Gasteiger partial charge in [0.25, 0.3) is 0 Å². The molecular formula is C20H21Cl2N3OS. The standard InChI is InChI=1S/C20H21Cl2N3OS/c1-13(2)15-5-7-16(8-6-15)26-11-19-23-24-20(25(19)3)27-12-14-4-9-17(21)18(22)10-14/h4-10,13H,11-12H2,1-3H3. The first kappa shape index (κ1) is 20.1. The highest BCUT2D eigenvalue weighted by Crippen LogP contribution is 2.27. The van der Waals surface area contributed by atoms with E-state index in [2.05, 4.69) is 36.2 Å². The average Bonchev–Trinajstić information content (AvgIpc) is 3.01. The Kier molecular flexibility index (Phi) is 6.68. The third-order valence-electron chi connectivity index (χ3n) is 4.19. The van der Waals surface area contributed by atoms with Crippen molar-refractivity contribution in [3.8, 4) is 5.75 Å². The monoisotopic (exact) mass is 421 g/mol. The molecule has 1 heterocycles. The molecule has 27 heavy (non-hydrogen) atoms. The number of rotatable bonds is 7. The first-order valence-corrected chi connectivity index (χ1v) is 10.4. The Balaban J connectivity index is 1.58. The molecular weight excluding hydrogens is 401 g/mol. The first-order chi connectivity index (χ1) is 12.9. The largest absolute Gasteiger partial charge is 0.486 e. The maximum atomic E-state index is 6.07. The van der Waals surface area contributed by atoms with Gasteiger partial charge in [0.15, 0.2) is 11.0 Å². The molecule has 7 heteroatoms. The van der Waals surface area contributed by atoms with Crippen molar-refractivity contribution in [2.45, 2.75) is 37.3 Å². The molecule has 0 saturated carbocycles. The van der Waals surface area contributed by atoms with Crippen molar-refractivity contribution in [2.75, 3.05) is 0 Å². The number of hydrogen-bond donors (Lipinski definition) is 0. The fourth-order valence-electron chi connectivity index (χ4n) is 2.47. The zero-order valence-corrected chi connectivity index (χ0v) is 17.8. The Hall–Kier alpha value is -1.69. The van der Waals surface area contributed by atoms with Crippen molar-refractivity contribution in [2.24, 2.45) is 7.05 Å². The van der Waals surface area contributed by atoms with E-state index in [1.165, 1.54) is 5.56 Å². The highest BCUT2D eigenvalue weighted by molar-refractivity contribution is 7.98. The van der Waals surface area contributed by atoms with Crippen LogP contribution in [0.3, 0.4) is 0 Å². The van der Waals surface area contributed by atoms with Crippen molar-refractivity contribution < 1.29 is 4.74 Å². The van der Waals surface area contributed by atoms with Crippen LogP contribution >= 0.6 is 35.0 Å². The van der Waals surface area contributed by atoms with Gasteiger partial charge in [-0.25, -0.2) is 0 Å². The van der Waals surface area contributed by atoms with E-state index in [9.17, 15) is 0 Å². The van der Waals surface area contributed by atoms with Crippen LogP contribution in [0, 0.1) is 0 Å². The highest BCUT2D eigenvalue weighted by Gasteiger charge is 2.11. The molecule has 2 aromatic carbocycles. The molecule has 0 amide bonds. The maximum absolute atomic E-state index is 6.07. The van der Waals surface area contributed by atoms with Crippen molar-refractivity contribution in [1.82, 2.24) is 14.8 Å². The zero-order chi connectivity index (χ0) is 19.4. The zero-order valence-electron chi connectivity index (χ0n) is 15.4. The van der Waals surface area contributed by atoms with Crippen LogP contribution in [-0.2, 0) is 19.4 Å². The summed E-state index contributed by atoms with van der Waals surface area (Å²) in [7, 11) is 1.94. The van der Waals surface area contributed by atoms with E-state index in [0.717, 1.165) is 28.0 Å². The molecule has 0 fully saturated rings. The molecule has 0 bridgehead atoms. The highest BCUT2D eigenvalue weighted by atomic mass is 35.5. The summed E-state index contributed by atoms with van der Waals surface area (Å²) in [6, 6.07) is 13.8. The normalized spacial score (nSPS) is 11.2. The fraction of sp³-hybridized carbons (Fsp3) is 0.300. The second-order valence-electron chi connectivity index (χ2n) is 6.51. The number of nitrogens with zero attached hydrogens (tertiary/aromatic N) is 3. The number of thioether (sulfide) groups is 1. The summed E-state index contributed by atoms with van der Waals surface area (Å²) in [6.45, 7) is 4.72. The van der Waals surface area contributed by atoms with Crippen molar-refractivity contribution in [1.29, 1.82) is 0 Å². The molecule has 4 nitrogen and oxygen atoms in total. The molecule has 0 N–H and O–H groups in total. The van der Waals surface area contributed by atoms with Crippen LogP contribution in [0.25, 0.3) is 0 Å². The molecule has 0 aliphatic heterocycles. The van der Waals surface area contributed by atoms with E-state index >= 15 is 0 Å². The number of benzene rings is 2. The molecule has 3 aromatic rings. The Morgan fingerprint density at radius 1 is 1.04 bits per heavy atom. The van der Waals surface area contributed by atoms with Gasteiger partial charge in [-0.05, 0) is 41.3 Å². The van der Waals surface area contributed by atoms with Gasteiger partial charge in [-0.3, -0.25) is 0 Å². The predicted octanol–water partition coefficient (Wildman–Crippen LogP) is 6.12. The van der Waals surface area contributed by atoms with Crippen LogP contribution < -0.4 is 4.74 Å². The third kappa shape index (κ3) is 5.18. The molecule has 142 valence electrons. The van der Waals surface area contributed by atoms with Gasteiger partial charge in [0.05, 0.1) is 10.0 Å². The van der Waals surface area contributed by atoms with Crippen LogP contribution in [0.5, 0.6) is 5.75 Å². The van der Waals surface area contributed by atoms with Crippen molar-refractivity contribution >= 4 is 35.0 Å². The Morgan fingerprint density at radius 3 is 2.44 bits per heavy atom. The van der Waals surface area contributed by atoms with Crippen LogP contribution in [0.2, 0.25) is 10.0 Å². The van der Waals surface area contributed by atoms with Gasteiger partial charge in [-0.1, -0.05) is 67.0 Å². The van der Waals surface area contributed by atoms with Gasteiger partial charge in [0, 0.05) is 12.8 Å². The molecule has 0 atom stereocenters. The van der Waals surface area contributed by atoms with E-state index < -0.39 is 0 Å². The molecule has 0 aliphatic rings. The molecule has 0 saturated heterocycles. The lowest BCUT2D eigenvalue weighted by atomic mass is 10.0. The minimum absolute atomic E-state index is 0.373. The Morgan fingerprint density at radius 2 is 1.78 bits per heavy atom. The Bertz CT molecular complexity index is 910. The predicted molar refractivity (Wildman–Crippen MR) is 112 cm³/mol. The SMILES string of the molecule is CC(C)c1ccc(OCc2nnc(SCc3ccc(Cl)c(Cl)c3)n2C)cc1. The van der Waals surface area contributed by atoms with Crippen LogP contribution in [0.4, 0.5) is 0 Å². The topological polar surface area (TPSA) is 39.9 Å². The van der Waals surface area contributed by atoms with E-state index in [1.54, 1.807) is 17.8 Å². The summed E-state index contributed by atoms with van der Waals surface area (Å²) < 4.78 is 7.80. The third-order valence-corrected chi connectivity index (χ3v) is 6.02. The number of halogens is 2. The van der Waals surface area contributed by atoms with Gasteiger partial charge >= 0.3 is 0 Å². The lowest BCUT2D eigenvalue weighted by Crippen LogP contribution is -2.04. The molecule has 0 spiro atoms. The van der Waals surface area contributed by atoms with Gasteiger partial charge in [0.1, 0.15) is 12.4 Å². The van der Waals surface area contributed by atoms with Crippen LogP contribution in [0.15, 0.2) is 47.6 Å². The quantitative estimate of drug-likeness (QED) is 0.431. The molecule has 3 rings (SSSR count). The number of aromatic nitrogens is 3. The van der Waals surface area contributed by atoms with E-state index in [1.807, 2.05) is 35.9 Å². The molecule has 0 radical (unpaired) electrons. The lowest BCUT2D eigenvalue weighted by molar-refractivity contribution is 0.290. The van der Waals surface area contributed by atoms with E-state index in [0.29, 0.717) is 22.6 Å². The summed E-state index contributed by atoms with van der Waals surface area (Å²) in [5, 5.41) is 10.4. The number of hydrogen-bond acceptors (Lipinski definition) is 4. The number of ether oxygens (including phenoxy) is 1. The van der Waals surface area contributed by atoms with E-state index in [-0.39, 0.29) is 0 Å².